The Labute approximate surface area is 88.2 Å². The number of hydrogen-bond donors (Lipinski definition) is 0. The van der Waals surface area contributed by atoms with E-state index in [1.807, 2.05) is 12.1 Å². The molecule has 1 aromatic carbocycles. The molecule has 0 radical (unpaired) electrons. The number of unbranched alkanes of at least 4 members (excludes halogenated alkanes) is 1. The van der Waals surface area contributed by atoms with Crippen molar-refractivity contribution in [2.45, 2.75) is 26.7 Å². The highest BCUT2D eigenvalue weighted by Gasteiger charge is 1.97. The van der Waals surface area contributed by atoms with Crippen LogP contribution in [0.1, 0.15) is 25.3 Å². The lowest BCUT2D eigenvalue weighted by atomic mass is 10.2. The van der Waals surface area contributed by atoms with Crippen molar-refractivity contribution in [3.63, 3.8) is 0 Å². The maximum absolute atomic E-state index is 5.55. The van der Waals surface area contributed by atoms with Crippen LogP contribution in [0.15, 0.2) is 22.7 Å². The minimum absolute atomic E-state index is 0.812. The fourth-order valence-electron chi connectivity index (χ4n) is 0.998. The molecule has 0 fully saturated rings. The van der Waals surface area contributed by atoms with Crippen molar-refractivity contribution in [3.05, 3.63) is 28.2 Å². The summed E-state index contributed by atoms with van der Waals surface area (Å²) < 4.78 is 6.66. The van der Waals surface area contributed by atoms with E-state index in [9.17, 15) is 0 Å². The smallest absolute Gasteiger partial charge is 0.120 e. The van der Waals surface area contributed by atoms with E-state index < -0.39 is 0 Å². The largest absolute Gasteiger partial charge is 0.494 e. The number of rotatable bonds is 4. The molecule has 0 saturated carbocycles. The molecule has 0 saturated heterocycles. The van der Waals surface area contributed by atoms with E-state index >= 15 is 0 Å². The first-order valence-electron chi connectivity index (χ1n) is 4.63. The quantitative estimate of drug-likeness (QED) is 0.728. The first-order chi connectivity index (χ1) is 6.24. The summed E-state index contributed by atoms with van der Waals surface area (Å²) >= 11 is 3.48. The molecule has 1 aromatic rings. The van der Waals surface area contributed by atoms with E-state index in [1.54, 1.807) is 0 Å². The third-order valence-corrected chi connectivity index (χ3v) is 2.76. The monoisotopic (exact) mass is 242 g/mol. The van der Waals surface area contributed by atoms with Gasteiger partial charge in [-0.2, -0.15) is 0 Å². The number of aryl methyl sites for hydroxylation is 1. The summed E-state index contributed by atoms with van der Waals surface area (Å²) in [6, 6.07) is 6.09. The van der Waals surface area contributed by atoms with Gasteiger partial charge in [-0.15, -0.1) is 0 Å². The highest BCUT2D eigenvalue weighted by atomic mass is 79.9. The summed E-state index contributed by atoms with van der Waals surface area (Å²) in [7, 11) is 0. The van der Waals surface area contributed by atoms with E-state index in [0.717, 1.165) is 23.2 Å². The van der Waals surface area contributed by atoms with Gasteiger partial charge in [-0.05, 0) is 31.0 Å². The molecule has 0 amide bonds. The van der Waals surface area contributed by atoms with Gasteiger partial charge >= 0.3 is 0 Å². The molecule has 1 nitrogen and oxygen atoms in total. The fraction of sp³-hybridized carbons (Fsp3) is 0.455. The van der Waals surface area contributed by atoms with Crippen LogP contribution < -0.4 is 4.74 Å². The molecular formula is C11H15BrO. The summed E-state index contributed by atoms with van der Waals surface area (Å²) in [5.41, 5.74) is 1.24. The van der Waals surface area contributed by atoms with Gasteiger partial charge in [0.25, 0.3) is 0 Å². The fourth-order valence-corrected chi connectivity index (χ4v) is 1.36. The van der Waals surface area contributed by atoms with E-state index in [-0.39, 0.29) is 0 Å². The Morgan fingerprint density at radius 2 is 2.15 bits per heavy atom. The predicted molar refractivity (Wildman–Crippen MR) is 59.3 cm³/mol. The Morgan fingerprint density at radius 1 is 1.38 bits per heavy atom. The topological polar surface area (TPSA) is 9.23 Å². The van der Waals surface area contributed by atoms with Crippen molar-refractivity contribution in [3.8, 4) is 5.75 Å². The lowest BCUT2D eigenvalue weighted by molar-refractivity contribution is 0.309. The zero-order valence-electron chi connectivity index (χ0n) is 8.14. The maximum atomic E-state index is 5.55. The normalized spacial score (nSPS) is 10.1. The Kier molecular flexibility index (Phi) is 4.29. The van der Waals surface area contributed by atoms with E-state index in [0.29, 0.717) is 0 Å². The summed E-state index contributed by atoms with van der Waals surface area (Å²) in [5, 5.41) is 0. The third kappa shape index (κ3) is 3.39. The molecule has 0 heterocycles. The van der Waals surface area contributed by atoms with Crippen LogP contribution >= 0.6 is 15.9 Å². The van der Waals surface area contributed by atoms with Crippen LogP contribution in [0, 0.1) is 6.92 Å². The molecule has 0 atom stereocenters. The van der Waals surface area contributed by atoms with Crippen molar-refractivity contribution in [1.29, 1.82) is 0 Å². The molecule has 1 rings (SSSR count). The molecule has 2 heteroatoms. The molecular weight excluding hydrogens is 228 g/mol. The molecule has 72 valence electrons. The minimum atomic E-state index is 0.812. The van der Waals surface area contributed by atoms with Crippen molar-refractivity contribution in [1.82, 2.24) is 0 Å². The molecule has 0 aliphatic carbocycles. The van der Waals surface area contributed by atoms with E-state index in [2.05, 4.69) is 35.8 Å². The van der Waals surface area contributed by atoms with Crippen LogP contribution in [-0.4, -0.2) is 6.61 Å². The Balaban J connectivity index is 2.53. The lowest BCUT2D eigenvalue weighted by Gasteiger charge is -2.06. The Morgan fingerprint density at radius 3 is 2.77 bits per heavy atom. The lowest BCUT2D eigenvalue weighted by Crippen LogP contribution is -1.96. The van der Waals surface area contributed by atoms with Gasteiger partial charge in [0, 0.05) is 4.47 Å². The van der Waals surface area contributed by atoms with E-state index in [4.69, 9.17) is 4.74 Å². The summed E-state index contributed by atoms with van der Waals surface area (Å²) in [6.07, 6.45) is 2.29. The maximum Gasteiger partial charge on any atom is 0.120 e. The average molecular weight is 243 g/mol. The van der Waals surface area contributed by atoms with Crippen LogP contribution in [0.25, 0.3) is 0 Å². The van der Waals surface area contributed by atoms with Crippen molar-refractivity contribution in [2.24, 2.45) is 0 Å². The zero-order chi connectivity index (χ0) is 9.68. The SMILES string of the molecule is CCCCOc1ccc(C)c(Br)c1. The Hall–Kier alpha value is -0.500. The molecule has 0 spiro atoms. The predicted octanol–water partition coefficient (Wildman–Crippen LogP) is 3.94. The van der Waals surface area contributed by atoms with Crippen LogP contribution in [-0.2, 0) is 0 Å². The molecule has 0 bridgehead atoms. The molecule has 0 N–H and O–H groups in total. The second kappa shape index (κ2) is 5.28. The van der Waals surface area contributed by atoms with E-state index in [1.165, 1.54) is 12.0 Å². The van der Waals surface area contributed by atoms with Gasteiger partial charge in [-0.3, -0.25) is 0 Å². The Bertz CT molecular complexity index is 271. The summed E-state index contributed by atoms with van der Waals surface area (Å²) in [4.78, 5) is 0. The van der Waals surface area contributed by atoms with Gasteiger partial charge in [-0.1, -0.05) is 35.3 Å². The summed E-state index contributed by atoms with van der Waals surface area (Å²) in [6.45, 7) is 5.04. The van der Waals surface area contributed by atoms with Crippen LogP contribution in [0.5, 0.6) is 5.75 Å². The zero-order valence-corrected chi connectivity index (χ0v) is 9.73. The number of halogens is 1. The highest BCUT2D eigenvalue weighted by Crippen LogP contribution is 2.22. The molecule has 0 aliphatic heterocycles. The first-order valence-corrected chi connectivity index (χ1v) is 5.42. The minimum Gasteiger partial charge on any atom is -0.494 e. The third-order valence-electron chi connectivity index (χ3n) is 1.91. The van der Waals surface area contributed by atoms with Gasteiger partial charge in [0.05, 0.1) is 6.61 Å². The number of hydrogen-bond acceptors (Lipinski definition) is 1. The highest BCUT2D eigenvalue weighted by molar-refractivity contribution is 9.10. The number of ether oxygens (including phenoxy) is 1. The van der Waals surface area contributed by atoms with Crippen molar-refractivity contribution < 1.29 is 4.74 Å². The molecule has 13 heavy (non-hydrogen) atoms. The molecule has 0 aliphatic rings. The standard InChI is InChI=1S/C11H15BrO/c1-3-4-7-13-10-6-5-9(2)11(12)8-10/h5-6,8H,3-4,7H2,1-2H3. The van der Waals surface area contributed by atoms with Crippen LogP contribution in [0.4, 0.5) is 0 Å². The molecule has 0 unspecified atom stereocenters. The van der Waals surface area contributed by atoms with Gasteiger partial charge in [-0.25, -0.2) is 0 Å². The van der Waals surface area contributed by atoms with Gasteiger partial charge < -0.3 is 4.74 Å². The van der Waals surface area contributed by atoms with Crippen molar-refractivity contribution in [2.75, 3.05) is 6.61 Å². The van der Waals surface area contributed by atoms with Gasteiger partial charge in [0.2, 0.25) is 0 Å². The van der Waals surface area contributed by atoms with Crippen molar-refractivity contribution >= 4 is 15.9 Å². The summed E-state index contributed by atoms with van der Waals surface area (Å²) in [5.74, 6) is 0.950. The van der Waals surface area contributed by atoms with Crippen LogP contribution in [0.2, 0.25) is 0 Å². The van der Waals surface area contributed by atoms with Gasteiger partial charge in [0.1, 0.15) is 5.75 Å². The second-order valence-corrected chi connectivity index (χ2v) is 3.97. The average Bonchev–Trinajstić information content (AvgIpc) is 2.12. The number of benzene rings is 1. The first kappa shape index (κ1) is 10.6. The molecule has 0 aromatic heterocycles. The van der Waals surface area contributed by atoms with Gasteiger partial charge in [0.15, 0.2) is 0 Å². The second-order valence-electron chi connectivity index (χ2n) is 3.11. The van der Waals surface area contributed by atoms with Crippen LogP contribution in [0.3, 0.4) is 0 Å².